The number of halogens is 2. The highest BCUT2D eigenvalue weighted by Crippen LogP contribution is 2.47. The summed E-state index contributed by atoms with van der Waals surface area (Å²) < 4.78 is 62.9. The number of sulfonamides is 1. The van der Waals surface area contributed by atoms with Gasteiger partial charge in [-0.05, 0) is 6.07 Å². The molecule has 0 amide bonds. The van der Waals surface area contributed by atoms with Crippen LogP contribution >= 0.6 is 0 Å². The number of anilines is 1. The fraction of sp³-hybridized carbons (Fsp3) is 0.292. The number of rotatable bonds is 5. The lowest BCUT2D eigenvalue weighted by Crippen LogP contribution is -2.43. The highest BCUT2D eigenvalue weighted by atomic mass is 32.2. The molecule has 1 saturated heterocycles. The number of aromatic nitrogens is 3. The number of hydrogen-bond donors (Lipinski definition) is 5. The summed E-state index contributed by atoms with van der Waals surface area (Å²) in [5, 5.41) is 32.0. The first-order valence-corrected chi connectivity index (χ1v) is 12.9. The van der Waals surface area contributed by atoms with Gasteiger partial charge in [0.05, 0.1) is 17.4 Å². The molecule has 15 heteroatoms. The van der Waals surface area contributed by atoms with Crippen molar-refractivity contribution in [1.82, 2.24) is 19.3 Å². The van der Waals surface area contributed by atoms with E-state index in [9.17, 15) is 37.3 Å². The van der Waals surface area contributed by atoms with Crippen LogP contribution in [0.15, 0.2) is 54.3 Å². The molecule has 2 aliphatic rings. The monoisotopic (exact) mass is 561 g/mol. The molecule has 1 aliphatic carbocycles. The number of nitrogens with two attached hydrogens (primary N) is 1. The third kappa shape index (κ3) is 4.36. The first kappa shape index (κ1) is 26.8. The van der Waals surface area contributed by atoms with E-state index in [1.54, 1.807) is 0 Å². The van der Waals surface area contributed by atoms with Crippen LogP contribution in [0.5, 0.6) is 0 Å². The number of imidazole rings is 1. The second-order valence-corrected chi connectivity index (χ2v) is 10.5. The van der Waals surface area contributed by atoms with E-state index < -0.39 is 58.4 Å². The second-order valence-electron chi connectivity index (χ2n) is 8.90. The molecule has 3 heterocycles. The molecule has 1 aliphatic heterocycles. The Morgan fingerprint density at radius 1 is 1.21 bits per heavy atom. The Bertz CT molecular complexity index is 1670. The molecule has 5 rings (SSSR count). The van der Waals surface area contributed by atoms with Crippen LogP contribution in [0.1, 0.15) is 22.1 Å². The molecule has 0 bridgehead atoms. The van der Waals surface area contributed by atoms with E-state index in [-0.39, 0.29) is 16.8 Å². The number of carbonyl (C=O) groups excluding carboxylic acids is 1. The summed E-state index contributed by atoms with van der Waals surface area (Å²) in [6.45, 7) is -0.471. The van der Waals surface area contributed by atoms with Crippen molar-refractivity contribution in [2.75, 3.05) is 12.3 Å². The number of alkyl halides is 2. The lowest BCUT2D eigenvalue weighted by atomic mass is 9.94. The van der Waals surface area contributed by atoms with Gasteiger partial charge in [-0.1, -0.05) is 36.1 Å². The maximum Gasteiger partial charge on any atom is 0.353 e. The zero-order chi connectivity index (χ0) is 28.2. The normalized spacial score (nSPS) is 28.1. The number of allylic oxidation sites excluding steroid dienone is 1. The molecule has 6 N–H and O–H groups in total. The van der Waals surface area contributed by atoms with E-state index in [0.29, 0.717) is 22.7 Å². The molecule has 12 nitrogen and oxygen atoms in total. The number of fused-ring (bicyclic) bond motifs is 2. The number of ketones is 1. The van der Waals surface area contributed by atoms with Crippen molar-refractivity contribution >= 4 is 32.7 Å². The fourth-order valence-electron chi connectivity index (χ4n) is 4.43. The van der Waals surface area contributed by atoms with Gasteiger partial charge in [0.25, 0.3) is 0 Å². The van der Waals surface area contributed by atoms with Gasteiger partial charge in [0.15, 0.2) is 11.9 Å². The zero-order valence-electron chi connectivity index (χ0n) is 19.8. The van der Waals surface area contributed by atoms with Crippen LogP contribution in [0.25, 0.3) is 11.2 Å². The first-order valence-electron chi connectivity index (χ1n) is 11.4. The molecule has 0 saturated carbocycles. The van der Waals surface area contributed by atoms with Crippen LogP contribution in [-0.4, -0.2) is 74.8 Å². The minimum Gasteiger partial charge on any atom is -0.397 e. The molecule has 0 radical (unpaired) electrons. The molecule has 2 aromatic heterocycles. The van der Waals surface area contributed by atoms with Crippen LogP contribution in [-0.2, 0) is 20.4 Å². The number of nitrogens with zero attached hydrogens (tertiary/aromatic N) is 3. The Morgan fingerprint density at radius 3 is 2.72 bits per heavy atom. The number of carbonyl (C=O) groups is 1. The van der Waals surface area contributed by atoms with Crippen molar-refractivity contribution in [2.24, 2.45) is 0 Å². The maximum absolute atomic E-state index is 14.5. The van der Waals surface area contributed by atoms with Crippen LogP contribution in [0, 0.1) is 11.8 Å². The Labute approximate surface area is 219 Å². The van der Waals surface area contributed by atoms with Crippen molar-refractivity contribution < 1.29 is 42.0 Å². The molecular weight excluding hydrogens is 540 g/mol. The number of aliphatic hydroxyl groups excluding tert-OH is 2. The lowest BCUT2D eigenvalue weighted by Gasteiger charge is -2.23. The zero-order valence-corrected chi connectivity index (χ0v) is 20.6. The van der Waals surface area contributed by atoms with E-state index in [1.165, 1.54) is 35.3 Å². The molecule has 204 valence electrons. The Kier molecular flexibility index (Phi) is 6.50. The van der Waals surface area contributed by atoms with Crippen LogP contribution in [0.3, 0.4) is 0 Å². The van der Waals surface area contributed by atoms with Gasteiger partial charge in [0.2, 0.25) is 21.4 Å². The number of ether oxygens (including phenoxy) is 1. The molecule has 1 unspecified atom stereocenters. The predicted octanol–water partition coefficient (Wildman–Crippen LogP) is -0.211. The van der Waals surface area contributed by atoms with Crippen LogP contribution < -0.4 is 10.5 Å². The number of nitrogens with one attached hydrogen (secondary N) is 1. The summed E-state index contributed by atoms with van der Waals surface area (Å²) in [6.07, 6.45) is -1.82. The highest BCUT2D eigenvalue weighted by Gasteiger charge is 2.65. The fourth-order valence-corrected chi connectivity index (χ4v) is 5.17. The van der Waals surface area contributed by atoms with Gasteiger partial charge in [0, 0.05) is 29.9 Å². The van der Waals surface area contributed by atoms with Crippen molar-refractivity contribution in [3.8, 4) is 11.8 Å². The van der Waals surface area contributed by atoms with Gasteiger partial charge in [-0.15, -0.1) is 0 Å². The van der Waals surface area contributed by atoms with E-state index in [2.05, 4.69) is 20.6 Å². The number of Topliss-reactive ketones (excluding diaryl/α,β-unsaturated/α-hetero) is 1. The molecule has 1 aromatic carbocycles. The average molecular weight is 562 g/mol. The standard InChI is InChI=1S/C24H21F2N5O7S/c25-24(26)20(34)13-5-1-2-6-14(13)23(24,35)8-3-4-10-39(36,37)30-11-16-18(32)19(33)22(38-16)31-12-29-17-15(27)7-9-28-21(17)31/h1-2,4-7,9-10,12,16,18-19,22,30,32-33,35H,11H2,(H2,27,28)/b10-4+/t16-,18-,19-,22-,23?/m1/s1. The van der Waals surface area contributed by atoms with Crippen LogP contribution in [0.4, 0.5) is 14.5 Å². The minimum atomic E-state index is -4.23. The Balaban J connectivity index is 1.27. The van der Waals surface area contributed by atoms with Gasteiger partial charge < -0.3 is 25.8 Å². The SMILES string of the molecule is Nc1ccnc2c1ncn2[C@@H]1O[C@H](CNS(=O)(=O)/C=C/C#CC2(O)c3ccccc3C(=O)C2(F)F)[C@@H](O)[C@H]1O. The number of nitrogen functional groups attached to an aromatic ring is 1. The maximum atomic E-state index is 14.5. The van der Waals surface area contributed by atoms with Gasteiger partial charge in [-0.2, -0.15) is 8.78 Å². The summed E-state index contributed by atoms with van der Waals surface area (Å²) in [5.74, 6) is -1.88. The Morgan fingerprint density at radius 2 is 1.95 bits per heavy atom. The first-order chi connectivity index (χ1) is 18.4. The average Bonchev–Trinajstić information content (AvgIpc) is 3.50. The van der Waals surface area contributed by atoms with Gasteiger partial charge in [0.1, 0.15) is 23.8 Å². The third-order valence-corrected chi connectivity index (χ3v) is 7.54. The van der Waals surface area contributed by atoms with Crippen molar-refractivity contribution in [2.45, 2.75) is 36.1 Å². The minimum absolute atomic E-state index is 0.285. The number of pyridine rings is 1. The van der Waals surface area contributed by atoms with Gasteiger partial charge >= 0.3 is 5.92 Å². The number of benzene rings is 1. The summed E-state index contributed by atoms with van der Waals surface area (Å²) in [6, 6.07) is 6.52. The highest BCUT2D eigenvalue weighted by molar-refractivity contribution is 7.92. The second kappa shape index (κ2) is 9.45. The van der Waals surface area contributed by atoms with E-state index in [4.69, 9.17) is 10.5 Å². The molecule has 39 heavy (non-hydrogen) atoms. The Hall–Kier alpha value is -3.78. The van der Waals surface area contributed by atoms with Crippen molar-refractivity contribution in [1.29, 1.82) is 0 Å². The van der Waals surface area contributed by atoms with E-state index in [1.807, 2.05) is 5.92 Å². The molecule has 3 aromatic rings. The smallest absolute Gasteiger partial charge is 0.353 e. The summed E-state index contributed by atoms with van der Waals surface area (Å²) in [4.78, 5) is 20.3. The largest absolute Gasteiger partial charge is 0.397 e. The molecule has 5 atom stereocenters. The summed E-state index contributed by atoms with van der Waals surface area (Å²) in [5.41, 5.74) is 2.94. The van der Waals surface area contributed by atoms with Gasteiger partial charge in [-0.25, -0.2) is 23.1 Å². The van der Waals surface area contributed by atoms with Crippen molar-refractivity contribution in [3.05, 3.63) is 65.5 Å². The molecule has 1 fully saturated rings. The number of aliphatic hydroxyl groups is 3. The number of hydrogen-bond acceptors (Lipinski definition) is 10. The van der Waals surface area contributed by atoms with E-state index >= 15 is 0 Å². The van der Waals surface area contributed by atoms with Gasteiger partial charge in [-0.3, -0.25) is 9.36 Å². The molecular formula is C24H21F2N5O7S. The van der Waals surface area contributed by atoms with E-state index in [0.717, 1.165) is 12.1 Å². The summed E-state index contributed by atoms with van der Waals surface area (Å²) >= 11 is 0. The lowest BCUT2D eigenvalue weighted by molar-refractivity contribution is -0.113. The molecule has 0 spiro atoms. The van der Waals surface area contributed by atoms with Crippen molar-refractivity contribution in [3.63, 3.8) is 0 Å². The van der Waals surface area contributed by atoms with Crippen LogP contribution in [0.2, 0.25) is 0 Å². The topological polar surface area (TPSA) is 190 Å². The quantitative estimate of drug-likeness (QED) is 0.261. The third-order valence-electron chi connectivity index (χ3n) is 6.47. The summed E-state index contributed by atoms with van der Waals surface area (Å²) in [7, 11) is -4.23. The predicted molar refractivity (Wildman–Crippen MR) is 131 cm³/mol.